The number of esters is 1. The molecule has 0 saturated carbocycles. The number of hydrogen-bond acceptors (Lipinski definition) is 6. The van der Waals surface area contributed by atoms with Crippen LogP contribution in [0.2, 0.25) is 0 Å². The Hall–Kier alpha value is -2.94. The summed E-state index contributed by atoms with van der Waals surface area (Å²) in [5.41, 5.74) is 2.69. The van der Waals surface area contributed by atoms with Crippen LogP contribution >= 0.6 is 11.8 Å². The fourth-order valence-corrected chi connectivity index (χ4v) is 4.06. The van der Waals surface area contributed by atoms with Gasteiger partial charge in [-0.25, -0.2) is 9.18 Å². The number of halogens is 1. The maximum Gasteiger partial charge on any atom is 0.340 e. The predicted molar refractivity (Wildman–Crippen MR) is 112 cm³/mol. The fourth-order valence-electron chi connectivity index (χ4n) is 3.19. The molecule has 0 aliphatic rings. The summed E-state index contributed by atoms with van der Waals surface area (Å²) >= 11 is 1.26. The molecular weight excluding hydrogens is 407 g/mol. The van der Waals surface area contributed by atoms with Crippen LogP contribution in [0.5, 0.6) is 0 Å². The van der Waals surface area contributed by atoms with Crippen molar-refractivity contribution in [3.63, 3.8) is 0 Å². The largest absolute Gasteiger partial charge is 0.462 e. The second-order valence-electron chi connectivity index (χ2n) is 6.84. The van der Waals surface area contributed by atoms with E-state index >= 15 is 0 Å². The maximum absolute atomic E-state index is 13.2. The quantitative estimate of drug-likeness (QED) is 0.345. The normalized spacial score (nSPS) is 12.1. The van der Waals surface area contributed by atoms with Gasteiger partial charge in [0, 0.05) is 18.3 Å². The first-order valence-corrected chi connectivity index (χ1v) is 10.3. The summed E-state index contributed by atoms with van der Waals surface area (Å²) in [6, 6.07) is 5.98. The van der Waals surface area contributed by atoms with Crippen molar-refractivity contribution in [1.29, 1.82) is 0 Å². The van der Waals surface area contributed by atoms with E-state index in [1.807, 2.05) is 0 Å². The molecule has 3 rings (SSSR count). The summed E-state index contributed by atoms with van der Waals surface area (Å²) in [6.45, 7) is 7.25. The number of rotatable bonds is 7. The molecule has 0 aliphatic carbocycles. The van der Waals surface area contributed by atoms with Crippen LogP contribution in [0.4, 0.5) is 4.39 Å². The number of ketones is 1. The standard InChI is InChI=1S/C21H23FN4O3S/c1-6-29-20(28)16-11(2)17(23-12(16)3)18(27)13(4)30-21-25-24-19(26(21)5)14-7-9-15(22)10-8-14/h7-10,13,23H,6H2,1-5H3. The molecule has 0 bridgehead atoms. The Labute approximate surface area is 178 Å². The number of Topliss-reactive ketones (excluding diaryl/α,β-unsaturated/α-hetero) is 1. The van der Waals surface area contributed by atoms with Crippen LogP contribution in [0.25, 0.3) is 11.4 Å². The van der Waals surface area contributed by atoms with Crippen molar-refractivity contribution in [2.24, 2.45) is 7.05 Å². The van der Waals surface area contributed by atoms with Crippen molar-refractivity contribution < 1.29 is 18.7 Å². The average molecular weight is 431 g/mol. The minimum Gasteiger partial charge on any atom is -0.462 e. The van der Waals surface area contributed by atoms with Gasteiger partial charge in [0.2, 0.25) is 0 Å². The minimum atomic E-state index is -0.472. The zero-order valence-corrected chi connectivity index (χ0v) is 18.3. The molecule has 2 aromatic heterocycles. The Morgan fingerprint density at radius 2 is 1.90 bits per heavy atom. The van der Waals surface area contributed by atoms with Crippen molar-refractivity contribution in [3.05, 3.63) is 52.6 Å². The highest BCUT2D eigenvalue weighted by Gasteiger charge is 2.27. The lowest BCUT2D eigenvalue weighted by Gasteiger charge is -2.10. The summed E-state index contributed by atoms with van der Waals surface area (Å²) in [4.78, 5) is 28.2. The first kappa shape index (κ1) is 21.8. The molecule has 7 nitrogen and oxygen atoms in total. The zero-order valence-electron chi connectivity index (χ0n) is 17.4. The molecule has 0 spiro atoms. The van der Waals surface area contributed by atoms with Crippen molar-refractivity contribution in [1.82, 2.24) is 19.7 Å². The smallest absolute Gasteiger partial charge is 0.340 e. The first-order valence-electron chi connectivity index (χ1n) is 9.47. The Morgan fingerprint density at radius 1 is 1.23 bits per heavy atom. The van der Waals surface area contributed by atoms with Crippen LogP contribution in [0.1, 0.15) is 46.0 Å². The molecule has 1 atom stereocenters. The minimum absolute atomic E-state index is 0.150. The van der Waals surface area contributed by atoms with E-state index in [4.69, 9.17) is 4.74 Å². The van der Waals surface area contributed by atoms with E-state index in [1.165, 1.54) is 23.9 Å². The lowest BCUT2D eigenvalue weighted by Crippen LogP contribution is -2.16. The molecule has 2 heterocycles. The van der Waals surface area contributed by atoms with Gasteiger partial charge in [-0.15, -0.1) is 10.2 Å². The lowest BCUT2D eigenvalue weighted by atomic mass is 10.1. The monoisotopic (exact) mass is 430 g/mol. The van der Waals surface area contributed by atoms with Gasteiger partial charge < -0.3 is 14.3 Å². The number of carbonyl (C=O) groups excluding carboxylic acids is 2. The molecule has 1 unspecified atom stereocenters. The van der Waals surface area contributed by atoms with Gasteiger partial charge in [-0.1, -0.05) is 11.8 Å². The third-order valence-electron chi connectivity index (χ3n) is 4.75. The molecule has 1 N–H and O–H groups in total. The number of carbonyl (C=O) groups is 2. The van der Waals surface area contributed by atoms with Gasteiger partial charge in [-0.05, 0) is 57.5 Å². The highest BCUT2D eigenvalue weighted by molar-refractivity contribution is 8.00. The van der Waals surface area contributed by atoms with E-state index < -0.39 is 11.2 Å². The van der Waals surface area contributed by atoms with E-state index in [-0.39, 0.29) is 18.2 Å². The maximum atomic E-state index is 13.2. The molecule has 3 aromatic rings. The van der Waals surface area contributed by atoms with Crippen LogP contribution < -0.4 is 0 Å². The van der Waals surface area contributed by atoms with Gasteiger partial charge in [0.05, 0.1) is 23.1 Å². The second kappa shape index (κ2) is 8.83. The molecule has 0 aliphatic heterocycles. The summed E-state index contributed by atoms with van der Waals surface area (Å²) < 4.78 is 20.0. The predicted octanol–water partition coefficient (Wildman–Crippen LogP) is 4.11. The van der Waals surface area contributed by atoms with Crippen LogP contribution in [-0.4, -0.2) is 43.4 Å². The molecule has 0 fully saturated rings. The topological polar surface area (TPSA) is 89.9 Å². The first-order chi connectivity index (χ1) is 14.2. The number of ether oxygens (including phenoxy) is 1. The summed E-state index contributed by atoms with van der Waals surface area (Å²) in [5, 5.41) is 8.43. The second-order valence-corrected chi connectivity index (χ2v) is 8.15. The Balaban J connectivity index is 1.81. The van der Waals surface area contributed by atoms with Crippen LogP contribution in [0.15, 0.2) is 29.4 Å². The molecule has 158 valence electrons. The van der Waals surface area contributed by atoms with Gasteiger partial charge in [0.25, 0.3) is 0 Å². The highest BCUT2D eigenvalue weighted by atomic mass is 32.2. The molecule has 0 amide bonds. The van der Waals surface area contributed by atoms with Gasteiger partial charge in [0.15, 0.2) is 16.8 Å². The molecule has 1 aromatic carbocycles. The molecular formula is C21H23FN4O3S. The van der Waals surface area contributed by atoms with E-state index in [0.29, 0.717) is 33.5 Å². The van der Waals surface area contributed by atoms with E-state index in [0.717, 1.165) is 5.56 Å². The zero-order chi connectivity index (χ0) is 22.0. The lowest BCUT2D eigenvalue weighted by molar-refractivity contribution is 0.0525. The number of aromatic nitrogens is 4. The number of thioether (sulfide) groups is 1. The van der Waals surface area contributed by atoms with E-state index in [1.54, 1.807) is 51.4 Å². The third-order valence-corrected chi connectivity index (χ3v) is 5.89. The molecule has 0 radical (unpaired) electrons. The number of aryl methyl sites for hydroxylation is 1. The van der Waals surface area contributed by atoms with Crippen LogP contribution in [-0.2, 0) is 11.8 Å². The van der Waals surface area contributed by atoms with E-state index in [9.17, 15) is 14.0 Å². The number of H-pyrrole nitrogens is 1. The van der Waals surface area contributed by atoms with Crippen LogP contribution in [0.3, 0.4) is 0 Å². The summed E-state index contributed by atoms with van der Waals surface area (Å²) in [6.07, 6.45) is 0. The van der Waals surface area contributed by atoms with Crippen molar-refractivity contribution in [2.45, 2.75) is 38.1 Å². The number of nitrogens with one attached hydrogen (secondary N) is 1. The number of benzene rings is 1. The highest BCUT2D eigenvalue weighted by Crippen LogP contribution is 2.29. The molecule has 0 saturated heterocycles. The summed E-state index contributed by atoms with van der Waals surface area (Å²) in [7, 11) is 1.79. The number of hydrogen-bond donors (Lipinski definition) is 1. The average Bonchev–Trinajstić information content (AvgIpc) is 3.21. The molecule has 9 heteroatoms. The van der Waals surface area contributed by atoms with Gasteiger partial charge >= 0.3 is 5.97 Å². The van der Waals surface area contributed by atoms with Crippen LogP contribution in [0, 0.1) is 19.7 Å². The number of nitrogens with zero attached hydrogens (tertiary/aromatic N) is 3. The summed E-state index contributed by atoms with van der Waals surface area (Å²) in [5.74, 6) is -0.343. The number of aromatic amines is 1. The Bertz CT molecular complexity index is 1090. The van der Waals surface area contributed by atoms with Gasteiger partial charge in [0.1, 0.15) is 5.82 Å². The van der Waals surface area contributed by atoms with Crippen molar-refractivity contribution in [3.8, 4) is 11.4 Å². The van der Waals surface area contributed by atoms with Gasteiger partial charge in [-0.3, -0.25) is 4.79 Å². The molecule has 30 heavy (non-hydrogen) atoms. The van der Waals surface area contributed by atoms with Gasteiger partial charge in [-0.2, -0.15) is 0 Å². The SMILES string of the molecule is CCOC(=O)c1c(C)[nH]c(C(=O)C(C)Sc2nnc(-c3ccc(F)cc3)n2C)c1C. The Kier molecular flexibility index (Phi) is 6.40. The third kappa shape index (κ3) is 4.16. The van der Waals surface area contributed by atoms with Crippen molar-refractivity contribution >= 4 is 23.5 Å². The van der Waals surface area contributed by atoms with E-state index in [2.05, 4.69) is 15.2 Å². The van der Waals surface area contributed by atoms with Crippen molar-refractivity contribution in [2.75, 3.05) is 6.61 Å². The Morgan fingerprint density at radius 3 is 2.53 bits per heavy atom. The fraction of sp³-hybridized carbons (Fsp3) is 0.333.